The van der Waals surface area contributed by atoms with E-state index >= 15 is 0 Å². The molecule has 3 aliphatic heterocycles. The number of fused-ring (bicyclic) bond motifs is 5. The number of amides is 2. The summed E-state index contributed by atoms with van der Waals surface area (Å²) in [4.78, 5) is 28.6. The number of para-hydroxylation sites is 1. The lowest BCUT2D eigenvalue weighted by molar-refractivity contribution is -0.122. The highest BCUT2D eigenvalue weighted by Gasteiger charge is 2.57. The van der Waals surface area contributed by atoms with Gasteiger partial charge in [-0.2, -0.15) is 0 Å². The molecule has 36 heavy (non-hydrogen) atoms. The van der Waals surface area contributed by atoms with Crippen molar-refractivity contribution >= 4 is 34.0 Å². The minimum atomic E-state index is -0.972. The lowest BCUT2D eigenvalue weighted by Crippen LogP contribution is -2.42. The molecule has 4 heterocycles. The van der Waals surface area contributed by atoms with Gasteiger partial charge in [-0.3, -0.25) is 14.9 Å². The number of benzene rings is 3. The Labute approximate surface area is 209 Å². The number of hydrogen-bond donors (Lipinski definition) is 1. The number of hydrogen-bond acceptors (Lipinski definition) is 8. The van der Waals surface area contributed by atoms with Crippen molar-refractivity contribution in [3.63, 3.8) is 0 Å². The second-order valence-electron chi connectivity index (χ2n) is 8.70. The fourth-order valence-electron chi connectivity index (χ4n) is 5.11. The first kappa shape index (κ1) is 20.9. The SMILES string of the molecule is O=C(Nc1nncs1)c1cccc(CN2C(=O)C3(COc4cc5c(cc43)OCO5)c3ccccc32)c1. The van der Waals surface area contributed by atoms with Crippen molar-refractivity contribution in [3.05, 3.63) is 88.4 Å². The number of carbonyl (C=O) groups is 2. The second kappa shape index (κ2) is 7.79. The lowest BCUT2D eigenvalue weighted by Gasteiger charge is -2.23. The van der Waals surface area contributed by atoms with Crippen molar-refractivity contribution in [2.75, 3.05) is 23.6 Å². The first-order chi connectivity index (χ1) is 17.6. The van der Waals surface area contributed by atoms with Crippen LogP contribution in [-0.4, -0.2) is 35.4 Å². The van der Waals surface area contributed by atoms with Crippen LogP contribution in [0.5, 0.6) is 17.2 Å². The zero-order valence-corrected chi connectivity index (χ0v) is 19.6. The molecule has 1 unspecified atom stereocenters. The van der Waals surface area contributed by atoms with Crippen LogP contribution >= 0.6 is 11.3 Å². The summed E-state index contributed by atoms with van der Waals surface area (Å²) in [5.74, 6) is 1.48. The van der Waals surface area contributed by atoms with Crippen LogP contribution in [0.25, 0.3) is 0 Å². The largest absolute Gasteiger partial charge is 0.491 e. The van der Waals surface area contributed by atoms with Crippen molar-refractivity contribution in [1.29, 1.82) is 0 Å². The average Bonchev–Trinajstić information content (AvgIpc) is 3.69. The molecule has 1 N–H and O–H groups in total. The third-order valence-corrected chi connectivity index (χ3v) is 7.36. The van der Waals surface area contributed by atoms with Gasteiger partial charge in [-0.1, -0.05) is 41.7 Å². The lowest BCUT2D eigenvalue weighted by atomic mass is 9.77. The van der Waals surface area contributed by atoms with E-state index in [1.54, 1.807) is 34.7 Å². The third kappa shape index (κ3) is 3.01. The molecule has 0 fully saturated rings. The van der Waals surface area contributed by atoms with Crippen molar-refractivity contribution in [3.8, 4) is 17.2 Å². The maximum Gasteiger partial charge on any atom is 0.257 e. The van der Waals surface area contributed by atoms with Gasteiger partial charge < -0.3 is 19.1 Å². The van der Waals surface area contributed by atoms with Gasteiger partial charge in [0, 0.05) is 22.9 Å². The van der Waals surface area contributed by atoms with E-state index < -0.39 is 5.41 Å². The van der Waals surface area contributed by atoms with Crippen molar-refractivity contribution < 1.29 is 23.8 Å². The number of anilines is 2. The fourth-order valence-corrected chi connectivity index (χ4v) is 5.55. The number of carbonyl (C=O) groups excluding carboxylic acids is 2. The van der Waals surface area contributed by atoms with E-state index in [-0.39, 0.29) is 25.2 Å². The molecule has 7 rings (SSSR count). The summed E-state index contributed by atoms with van der Waals surface area (Å²) in [6, 6.07) is 18.6. The first-order valence-electron chi connectivity index (χ1n) is 11.3. The van der Waals surface area contributed by atoms with Crippen molar-refractivity contribution in [1.82, 2.24) is 10.2 Å². The smallest absolute Gasteiger partial charge is 0.257 e. The first-order valence-corrected chi connectivity index (χ1v) is 12.2. The van der Waals surface area contributed by atoms with Gasteiger partial charge in [-0.05, 0) is 35.4 Å². The highest BCUT2D eigenvalue weighted by atomic mass is 32.1. The van der Waals surface area contributed by atoms with Crippen LogP contribution in [-0.2, 0) is 16.8 Å². The van der Waals surface area contributed by atoms with E-state index in [1.165, 1.54) is 11.3 Å². The molecule has 0 saturated carbocycles. The minimum Gasteiger partial charge on any atom is -0.491 e. The Kier molecular flexibility index (Phi) is 4.52. The molecule has 0 bridgehead atoms. The molecule has 1 spiro atoms. The van der Waals surface area contributed by atoms with Crippen LogP contribution in [0, 0.1) is 0 Å². The number of nitrogens with one attached hydrogen (secondary N) is 1. The van der Waals surface area contributed by atoms with Gasteiger partial charge in [-0.15, -0.1) is 10.2 Å². The number of rotatable bonds is 4. The Morgan fingerprint density at radius 3 is 2.72 bits per heavy atom. The number of nitrogens with zero attached hydrogens (tertiary/aromatic N) is 3. The van der Waals surface area contributed by atoms with Crippen LogP contribution in [0.3, 0.4) is 0 Å². The fraction of sp³-hybridized carbons (Fsp3) is 0.154. The van der Waals surface area contributed by atoms with Gasteiger partial charge in [0.15, 0.2) is 11.5 Å². The zero-order valence-electron chi connectivity index (χ0n) is 18.8. The van der Waals surface area contributed by atoms with Crippen LogP contribution < -0.4 is 24.4 Å². The molecule has 3 aliphatic rings. The topological polar surface area (TPSA) is 103 Å². The normalized spacial score (nSPS) is 18.8. The van der Waals surface area contributed by atoms with E-state index in [9.17, 15) is 9.59 Å². The predicted molar refractivity (Wildman–Crippen MR) is 131 cm³/mol. The quantitative estimate of drug-likeness (QED) is 0.457. The third-order valence-electron chi connectivity index (χ3n) is 6.75. The van der Waals surface area contributed by atoms with Gasteiger partial charge in [0.2, 0.25) is 17.8 Å². The summed E-state index contributed by atoms with van der Waals surface area (Å²) in [6.07, 6.45) is 0. The minimum absolute atomic E-state index is 0.0787. The Morgan fingerprint density at radius 1 is 1.00 bits per heavy atom. The van der Waals surface area contributed by atoms with Crippen LogP contribution in [0.15, 0.2) is 66.2 Å². The van der Waals surface area contributed by atoms with E-state index in [0.29, 0.717) is 34.5 Å². The van der Waals surface area contributed by atoms with Gasteiger partial charge in [0.1, 0.15) is 23.3 Å². The Bertz CT molecular complexity index is 1540. The zero-order chi connectivity index (χ0) is 24.3. The molecule has 9 nitrogen and oxygen atoms in total. The van der Waals surface area contributed by atoms with Crippen LogP contribution in [0.2, 0.25) is 0 Å². The maximum atomic E-state index is 14.2. The Hall–Kier alpha value is -4.44. The molecule has 10 heteroatoms. The van der Waals surface area contributed by atoms with Crippen molar-refractivity contribution in [2.45, 2.75) is 12.0 Å². The molecular weight excluding hydrogens is 480 g/mol. The summed E-state index contributed by atoms with van der Waals surface area (Å²) in [5, 5.41) is 10.8. The Morgan fingerprint density at radius 2 is 1.86 bits per heavy atom. The monoisotopic (exact) mass is 498 g/mol. The van der Waals surface area contributed by atoms with E-state index in [0.717, 1.165) is 22.4 Å². The van der Waals surface area contributed by atoms with Crippen LogP contribution in [0.1, 0.15) is 27.0 Å². The number of ether oxygens (including phenoxy) is 3. The standard InChI is InChI=1S/C26H18N4O5S/c31-23(28-25-29-27-13-36-25)16-5-3-4-15(8-16)11-30-19-7-2-1-6-17(19)26(24(30)32)12-33-20-10-22-21(9-18(20)26)34-14-35-22/h1-10,13H,11-12,14H2,(H,28,29,31). The van der Waals surface area contributed by atoms with E-state index in [2.05, 4.69) is 15.5 Å². The molecule has 4 aromatic rings. The molecule has 0 saturated heterocycles. The van der Waals surface area contributed by atoms with Gasteiger partial charge in [0.25, 0.3) is 5.91 Å². The molecule has 178 valence electrons. The van der Waals surface area contributed by atoms with Gasteiger partial charge in [-0.25, -0.2) is 0 Å². The average molecular weight is 499 g/mol. The molecule has 1 atom stereocenters. The van der Waals surface area contributed by atoms with Gasteiger partial charge >= 0.3 is 0 Å². The second-order valence-corrected chi connectivity index (χ2v) is 9.54. The summed E-state index contributed by atoms with van der Waals surface area (Å²) in [7, 11) is 0. The molecule has 0 radical (unpaired) electrons. The highest BCUT2D eigenvalue weighted by molar-refractivity contribution is 7.13. The summed E-state index contributed by atoms with van der Waals surface area (Å²) in [6.45, 7) is 0.643. The predicted octanol–water partition coefficient (Wildman–Crippen LogP) is 3.74. The van der Waals surface area contributed by atoms with E-state index in [4.69, 9.17) is 14.2 Å². The molecular formula is C26H18N4O5S. The van der Waals surface area contributed by atoms with Gasteiger partial charge in [0.05, 0.1) is 6.54 Å². The Balaban J connectivity index is 1.24. The molecule has 3 aromatic carbocycles. The molecule has 0 aliphatic carbocycles. The molecule has 2 amide bonds. The summed E-state index contributed by atoms with van der Waals surface area (Å²) in [5.41, 5.74) is 4.36. The summed E-state index contributed by atoms with van der Waals surface area (Å²) >= 11 is 1.25. The maximum absolute atomic E-state index is 14.2. The highest BCUT2D eigenvalue weighted by Crippen LogP contribution is 2.55. The van der Waals surface area contributed by atoms with Crippen LogP contribution in [0.4, 0.5) is 10.8 Å². The number of aromatic nitrogens is 2. The van der Waals surface area contributed by atoms with Crippen molar-refractivity contribution in [2.24, 2.45) is 0 Å². The summed E-state index contributed by atoms with van der Waals surface area (Å²) < 4.78 is 17.1. The molecule has 1 aromatic heterocycles. The van der Waals surface area contributed by atoms with E-state index in [1.807, 2.05) is 36.4 Å².